The fourth-order valence-electron chi connectivity index (χ4n) is 3.06. The van der Waals surface area contributed by atoms with Crippen LogP contribution in [0.2, 0.25) is 0 Å². The molecule has 0 amide bonds. The molecule has 138 valence electrons. The highest BCUT2D eigenvalue weighted by molar-refractivity contribution is 7.15. The lowest BCUT2D eigenvalue weighted by Crippen LogP contribution is -2.13. The summed E-state index contributed by atoms with van der Waals surface area (Å²) in [6.07, 6.45) is 4.14. The topological polar surface area (TPSA) is 32.9 Å². The number of hydrogen-bond acceptors (Lipinski definition) is 2. The summed E-state index contributed by atoms with van der Waals surface area (Å²) in [4.78, 5) is 17.5. The van der Waals surface area contributed by atoms with Gasteiger partial charge in [0, 0.05) is 26.6 Å². The number of pyridine rings is 1. The van der Waals surface area contributed by atoms with Gasteiger partial charge in [0.1, 0.15) is 0 Å². The summed E-state index contributed by atoms with van der Waals surface area (Å²) < 4.78 is 0. The predicted octanol–water partition coefficient (Wildman–Crippen LogP) is 5.88. The minimum atomic E-state index is 0. The molecule has 0 fully saturated rings. The van der Waals surface area contributed by atoms with Crippen LogP contribution in [0, 0.1) is 13.8 Å². The molecular weight excluding hydrogens is 362 g/mol. The average Bonchev–Trinajstić information content (AvgIpc) is 3.05. The van der Waals surface area contributed by atoms with Crippen LogP contribution in [0.4, 0.5) is 0 Å². The second-order valence-electron chi connectivity index (χ2n) is 6.62. The predicted molar refractivity (Wildman–Crippen MR) is 115 cm³/mol. The molecule has 0 aliphatic heterocycles. The van der Waals surface area contributed by atoms with E-state index in [1.165, 1.54) is 20.9 Å². The van der Waals surface area contributed by atoms with Crippen LogP contribution in [0.3, 0.4) is 0 Å². The maximum absolute atomic E-state index is 11.9. The van der Waals surface area contributed by atoms with E-state index >= 15 is 0 Å². The number of thiophene rings is 1. The second-order valence-corrected chi connectivity index (χ2v) is 7.79. The van der Waals surface area contributed by atoms with Gasteiger partial charge in [-0.2, -0.15) is 0 Å². The zero-order chi connectivity index (χ0) is 17.8. The number of hydrogen-bond donors (Lipinski definition) is 1. The van der Waals surface area contributed by atoms with Crippen molar-refractivity contribution in [2.24, 2.45) is 0 Å². The number of aromatic nitrogens is 1. The van der Waals surface area contributed by atoms with Gasteiger partial charge in [-0.05, 0) is 63.3 Å². The van der Waals surface area contributed by atoms with E-state index in [1.807, 2.05) is 25.2 Å². The molecular formula is C22H26ClNOS. The zero-order valence-electron chi connectivity index (χ0n) is 15.6. The lowest BCUT2D eigenvalue weighted by Gasteiger charge is -2.05. The molecule has 0 spiro atoms. The third-order valence-electron chi connectivity index (χ3n) is 4.63. The summed E-state index contributed by atoms with van der Waals surface area (Å²) in [5.41, 5.74) is 5.73. The van der Waals surface area contributed by atoms with Crippen LogP contribution in [0.25, 0.3) is 10.4 Å². The molecule has 4 heteroatoms. The summed E-state index contributed by atoms with van der Waals surface area (Å²) in [7, 11) is 0. The molecule has 1 N–H and O–H groups in total. The summed E-state index contributed by atoms with van der Waals surface area (Å²) >= 11 is 1.84. The lowest BCUT2D eigenvalue weighted by molar-refractivity contribution is 0.831. The van der Waals surface area contributed by atoms with E-state index < -0.39 is 0 Å². The van der Waals surface area contributed by atoms with Gasteiger partial charge in [-0.15, -0.1) is 23.7 Å². The number of aryl methyl sites for hydroxylation is 5. The highest BCUT2D eigenvalue weighted by Crippen LogP contribution is 2.30. The maximum atomic E-state index is 11.9. The third-order valence-corrected chi connectivity index (χ3v) is 5.81. The molecule has 2 nitrogen and oxygen atoms in total. The Morgan fingerprint density at radius 2 is 1.73 bits per heavy atom. The molecule has 0 aliphatic rings. The van der Waals surface area contributed by atoms with Crippen LogP contribution < -0.4 is 5.56 Å². The maximum Gasteiger partial charge on any atom is 0.251 e. The molecule has 0 bridgehead atoms. The van der Waals surface area contributed by atoms with Crippen LogP contribution in [0.15, 0.2) is 47.3 Å². The Kier molecular flexibility index (Phi) is 7.24. The van der Waals surface area contributed by atoms with Gasteiger partial charge in [0.05, 0.1) is 0 Å². The molecule has 3 aromatic rings. The fourth-order valence-corrected chi connectivity index (χ4v) is 4.19. The van der Waals surface area contributed by atoms with Gasteiger partial charge in [-0.1, -0.05) is 36.8 Å². The van der Waals surface area contributed by atoms with E-state index in [4.69, 9.17) is 0 Å². The Morgan fingerprint density at radius 3 is 2.42 bits per heavy atom. The van der Waals surface area contributed by atoms with Gasteiger partial charge in [0.15, 0.2) is 0 Å². The van der Waals surface area contributed by atoms with Crippen molar-refractivity contribution >= 4 is 23.7 Å². The van der Waals surface area contributed by atoms with Crippen molar-refractivity contribution in [3.05, 3.63) is 80.1 Å². The largest absolute Gasteiger partial charge is 0.326 e. The van der Waals surface area contributed by atoms with Gasteiger partial charge in [0.25, 0.3) is 5.56 Å². The van der Waals surface area contributed by atoms with Crippen molar-refractivity contribution < 1.29 is 0 Å². The van der Waals surface area contributed by atoms with Crippen molar-refractivity contribution in [2.75, 3.05) is 0 Å². The average molecular weight is 388 g/mol. The van der Waals surface area contributed by atoms with Crippen molar-refractivity contribution in [2.45, 2.75) is 46.5 Å². The number of aromatic amines is 1. The first-order chi connectivity index (χ1) is 12.1. The first kappa shape index (κ1) is 20.5. The molecule has 0 saturated carbocycles. The van der Waals surface area contributed by atoms with Crippen LogP contribution in [0.1, 0.15) is 40.6 Å². The molecule has 0 saturated heterocycles. The monoisotopic (exact) mass is 387 g/mol. The normalized spacial score (nSPS) is 10.6. The van der Waals surface area contributed by atoms with Crippen LogP contribution in [-0.2, 0) is 19.3 Å². The van der Waals surface area contributed by atoms with Crippen LogP contribution >= 0.6 is 23.7 Å². The van der Waals surface area contributed by atoms with Crippen molar-refractivity contribution in [3.63, 3.8) is 0 Å². The second kappa shape index (κ2) is 9.20. The Balaban J connectivity index is 0.00000243. The quantitative estimate of drug-likeness (QED) is 0.562. The number of nitrogens with one attached hydrogen (secondary N) is 1. The zero-order valence-corrected chi connectivity index (χ0v) is 17.2. The number of H-pyrrole nitrogens is 1. The SMILES string of the molecule is CCc1cc(-c2ccc(CCCc3ccc(C)cc3)s2)c(C)[nH]c1=O.Cl. The van der Waals surface area contributed by atoms with Crippen LogP contribution in [-0.4, -0.2) is 4.98 Å². The van der Waals surface area contributed by atoms with E-state index in [1.54, 1.807) is 0 Å². The Hall–Kier alpha value is -1.84. The molecule has 2 aromatic heterocycles. The van der Waals surface area contributed by atoms with Gasteiger partial charge >= 0.3 is 0 Å². The highest BCUT2D eigenvalue weighted by atomic mass is 35.5. The fraction of sp³-hybridized carbons (Fsp3) is 0.318. The molecule has 0 atom stereocenters. The van der Waals surface area contributed by atoms with E-state index in [9.17, 15) is 4.79 Å². The number of benzene rings is 1. The molecule has 1 aromatic carbocycles. The van der Waals surface area contributed by atoms with Crippen molar-refractivity contribution in [1.29, 1.82) is 0 Å². The van der Waals surface area contributed by atoms with E-state index in [2.05, 4.69) is 54.4 Å². The third kappa shape index (κ3) is 4.87. The highest BCUT2D eigenvalue weighted by Gasteiger charge is 2.09. The number of halogens is 1. The lowest BCUT2D eigenvalue weighted by atomic mass is 10.1. The Labute approximate surface area is 165 Å². The van der Waals surface area contributed by atoms with Crippen molar-refractivity contribution in [1.82, 2.24) is 4.98 Å². The molecule has 2 heterocycles. The Morgan fingerprint density at radius 1 is 1.00 bits per heavy atom. The minimum Gasteiger partial charge on any atom is -0.326 e. The molecule has 0 unspecified atom stereocenters. The first-order valence-electron chi connectivity index (χ1n) is 8.94. The Bertz CT molecular complexity index is 909. The van der Waals surface area contributed by atoms with E-state index in [0.29, 0.717) is 0 Å². The van der Waals surface area contributed by atoms with Gasteiger partial charge < -0.3 is 4.98 Å². The summed E-state index contributed by atoms with van der Waals surface area (Å²) in [6, 6.07) is 15.3. The smallest absolute Gasteiger partial charge is 0.251 e. The van der Waals surface area contributed by atoms with Gasteiger partial charge in [-0.25, -0.2) is 0 Å². The van der Waals surface area contributed by atoms with E-state index in [-0.39, 0.29) is 18.0 Å². The summed E-state index contributed by atoms with van der Waals surface area (Å²) in [5, 5.41) is 0. The van der Waals surface area contributed by atoms with Crippen molar-refractivity contribution in [3.8, 4) is 10.4 Å². The van der Waals surface area contributed by atoms with Gasteiger partial charge in [-0.3, -0.25) is 4.79 Å². The first-order valence-corrected chi connectivity index (χ1v) is 9.76. The minimum absolute atomic E-state index is 0. The molecule has 3 rings (SSSR count). The van der Waals surface area contributed by atoms with Gasteiger partial charge in [0.2, 0.25) is 0 Å². The van der Waals surface area contributed by atoms with Crippen LogP contribution in [0.5, 0.6) is 0 Å². The summed E-state index contributed by atoms with van der Waals surface area (Å²) in [5.74, 6) is 0. The number of rotatable bonds is 6. The standard InChI is InChI=1S/C22H25NOS.ClH/c1-4-18-14-20(16(3)23-22(18)24)21-13-12-19(25-21)7-5-6-17-10-8-15(2)9-11-17;/h8-14H,4-7H2,1-3H3,(H,23,24);1H. The molecule has 0 radical (unpaired) electrons. The molecule has 0 aliphatic carbocycles. The summed E-state index contributed by atoms with van der Waals surface area (Å²) in [6.45, 7) is 6.13. The molecule has 26 heavy (non-hydrogen) atoms. The van der Waals surface area contributed by atoms with E-state index in [0.717, 1.165) is 42.5 Å².